The Morgan fingerprint density at radius 3 is 2.81 bits per heavy atom. The molecule has 0 fully saturated rings. The number of carboxylic acids is 1. The second kappa shape index (κ2) is 5.32. The molecule has 0 spiro atoms. The Labute approximate surface area is 120 Å². The van der Waals surface area contributed by atoms with Crippen LogP contribution in [0, 0.1) is 0 Å². The minimum atomic E-state index is -1.13. The first kappa shape index (κ1) is 13.2. The van der Waals surface area contributed by atoms with E-state index < -0.39 is 5.97 Å². The lowest BCUT2D eigenvalue weighted by atomic mass is 10.2. The first-order valence-corrected chi connectivity index (χ1v) is 6.48. The van der Waals surface area contributed by atoms with Crippen molar-refractivity contribution < 1.29 is 23.8 Å². The van der Waals surface area contributed by atoms with E-state index in [1.54, 1.807) is 29.2 Å². The van der Waals surface area contributed by atoms with Gasteiger partial charge in [0.2, 0.25) is 5.76 Å². The maximum atomic E-state index is 12.5. The number of carbonyl (C=O) groups is 2. The second-order valence-corrected chi connectivity index (χ2v) is 4.64. The number of aromatic carboxylic acids is 1. The average molecular weight is 287 g/mol. The van der Waals surface area contributed by atoms with E-state index in [4.69, 9.17) is 14.3 Å². The number of rotatable bonds is 3. The molecule has 0 saturated carbocycles. The summed E-state index contributed by atoms with van der Waals surface area (Å²) >= 11 is 0. The van der Waals surface area contributed by atoms with E-state index in [-0.39, 0.29) is 18.2 Å². The lowest BCUT2D eigenvalue weighted by Gasteiger charge is -2.18. The number of amides is 1. The highest BCUT2D eigenvalue weighted by molar-refractivity contribution is 5.97. The summed E-state index contributed by atoms with van der Waals surface area (Å²) in [6, 6.07) is 10.00. The summed E-state index contributed by atoms with van der Waals surface area (Å²) < 4.78 is 10.7. The molecular formula is C15H13NO5. The highest BCUT2D eigenvalue weighted by Crippen LogP contribution is 2.23. The van der Waals surface area contributed by atoms with E-state index >= 15 is 0 Å². The van der Waals surface area contributed by atoms with Crippen LogP contribution in [0.3, 0.4) is 0 Å². The number of para-hydroxylation sites is 1. The van der Waals surface area contributed by atoms with Gasteiger partial charge in [-0.15, -0.1) is 0 Å². The summed E-state index contributed by atoms with van der Waals surface area (Å²) in [7, 11) is 0. The molecule has 0 bridgehead atoms. The topological polar surface area (TPSA) is 80.0 Å². The number of hydrogen-bond donors (Lipinski definition) is 1. The Hall–Kier alpha value is -2.76. The van der Waals surface area contributed by atoms with Gasteiger partial charge in [-0.1, -0.05) is 12.1 Å². The minimum absolute atomic E-state index is 0.135. The zero-order chi connectivity index (χ0) is 14.8. The number of carbonyl (C=O) groups excluding carboxylic acids is 1. The summed E-state index contributed by atoms with van der Waals surface area (Å²) in [6.45, 7) is 1.01. The van der Waals surface area contributed by atoms with Gasteiger partial charge >= 0.3 is 5.97 Å². The Bertz CT molecular complexity index is 691. The van der Waals surface area contributed by atoms with Gasteiger partial charge in [-0.3, -0.25) is 4.79 Å². The lowest BCUT2D eigenvalue weighted by molar-refractivity contribution is 0.0656. The van der Waals surface area contributed by atoms with Gasteiger partial charge in [0.05, 0.1) is 18.7 Å². The molecule has 1 aliphatic heterocycles. The zero-order valence-corrected chi connectivity index (χ0v) is 11.1. The predicted molar refractivity (Wildman–Crippen MR) is 72.3 cm³/mol. The number of nitrogens with zero attached hydrogens (tertiary/aromatic N) is 1. The molecule has 6 nitrogen and oxygen atoms in total. The van der Waals surface area contributed by atoms with Crippen molar-refractivity contribution in [2.75, 3.05) is 13.2 Å². The largest absolute Gasteiger partial charge is 0.491 e. The first-order chi connectivity index (χ1) is 10.1. The van der Waals surface area contributed by atoms with E-state index in [2.05, 4.69) is 0 Å². The number of benzene rings is 1. The molecule has 1 amide bonds. The van der Waals surface area contributed by atoms with Crippen molar-refractivity contribution in [2.24, 2.45) is 0 Å². The fourth-order valence-electron chi connectivity index (χ4n) is 2.22. The summed E-state index contributed by atoms with van der Waals surface area (Å²) in [6.07, 6.45) is 0. The van der Waals surface area contributed by atoms with Crippen molar-refractivity contribution in [2.45, 2.75) is 6.54 Å². The summed E-state index contributed by atoms with van der Waals surface area (Å²) in [5.41, 5.74) is 0.500. The molecular weight excluding hydrogens is 274 g/mol. The molecule has 1 aliphatic rings. The molecule has 1 aromatic carbocycles. The number of fused-ring (bicyclic) bond motifs is 1. The van der Waals surface area contributed by atoms with Crippen LogP contribution in [-0.2, 0) is 6.54 Å². The van der Waals surface area contributed by atoms with Gasteiger partial charge in [0.1, 0.15) is 18.1 Å². The van der Waals surface area contributed by atoms with Crippen molar-refractivity contribution in [3.8, 4) is 5.75 Å². The lowest BCUT2D eigenvalue weighted by Crippen LogP contribution is -2.31. The van der Waals surface area contributed by atoms with E-state index in [1.165, 1.54) is 6.07 Å². The predicted octanol–water partition coefficient (Wildman–Crippen LogP) is 2.01. The molecule has 0 aliphatic carbocycles. The van der Waals surface area contributed by atoms with Crippen molar-refractivity contribution in [1.82, 2.24) is 4.90 Å². The van der Waals surface area contributed by atoms with Crippen LogP contribution in [0.1, 0.15) is 26.7 Å². The molecule has 1 aromatic heterocycles. The van der Waals surface area contributed by atoms with Gasteiger partial charge in [0, 0.05) is 0 Å². The SMILES string of the molecule is O=C(O)c1ccc(CN2CCOc3ccccc3C2=O)o1. The molecule has 3 rings (SSSR count). The molecule has 2 heterocycles. The fraction of sp³-hybridized carbons (Fsp3) is 0.200. The van der Waals surface area contributed by atoms with Gasteiger partial charge in [-0.05, 0) is 24.3 Å². The third-order valence-corrected chi connectivity index (χ3v) is 3.24. The van der Waals surface area contributed by atoms with Crippen molar-refractivity contribution >= 4 is 11.9 Å². The molecule has 6 heteroatoms. The van der Waals surface area contributed by atoms with Crippen LogP contribution in [0.15, 0.2) is 40.8 Å². The highest BCUT2D eigenvalue weighted by atomic mass is 16.5. The van der Waals surface area contributed by atoms with Crippen LogP contribution in [0.5, 0.6) is 5.75 Å². The van der Waals surface area contributed by atoms with Gasteiger partial charge < -0.3 is 19.2 Å². The molecule has 0 atom stereocenters. The summed E-state index contributed by atoms with van der Waals surface area (Å²) in [5, 5.41) is 8.84. The summed E-state index contributed by atoms with van der Waals surface area (Å²) in [5.74, 6) is -0.423. The van der Waals surface area contributed by atoms with Crippen LogP contribution in [0.4, 0.5) is 0 Å². The van der Waals surface area contributed by atoms with Crippen LogP contribution in [0.25, 0.3) is 0 Å². The molecule has 0 saturated heterocycles. The van der Waals surface area contributed by atoms with Crippen molar-refractivity contribution in [3.63, 3.8) is 0 Å². The van der Waals surface area contributed by atoms with Gasteiger partial charge in [0.15, 0.2) is 0 Å². The monoisotopic (exact) mass is 287 g/mol. The van der Waals surface area contributed by atoms with E-state index in [9.17, 15) is 9.59 Å². The average Bonchev–Trinajstić information content (AvgIpc) is 2.89. The van der Waals surface area contributed by atoms with E-state index in [1.807, 2.05) is 6.07 Å². The Morgan fingerprint density at radius 1 is 1.24 bits per heavy atom. The Kier molecular flexibility index (Phi) is 3.35. The number of carboxylic acid groups (broad SMARTS) is 1. The minimum Gasteiger partial charge on any atom is -0.491 e. The molecule has 2 aromatic rings. The highest BCUT2D eigenvalue weighted by Gasteiger charge is 2.24. The van der Waals surface area contributed by atoms with Crippen LogP contribution < -0.4 is 4.74 Å². The molecule has 1 N–H and O–H groups in total. The van der Waals surface area contributed by atoms with Gasteiger partial charge in [-0.2, -0.15) is 0 Å². The van der Waals surface area contributed by atoms with Crippen LogP contribution in [-0.4, -0.2) is 35.0 Å². The second-order valence-electron chi connectivity index (χ2n) is 4.64. The number of hydrogen-bond acceptors (Lipinski definition) is 4. The fourth-order valence-corrected chi connectivity index (χ4v) is 2.22. The molecule has 108 valence electrons. The van der Waals surface area contributed by atoms with Crippen LogP contribution in [0.2, 0.25) is 0 Å². The van der Waals surface area contributed by atoms with E-state index in [0.717, 1.165) is 0 Å². The number of furan rings is 1. The zero-order valence-electron chi connectivity index (χ0n) is 11.1. The molecule has 21 heavy (non-hydrogen) atoms. The number of ether oxygens (including phenoxy) is 1. The van der Waals surface area contributed by atoms with Gasteiger partial charge in [0.25, 0.3) is 5.91 Å². The Balaban J connectivity index is 1.82. The quantitative estimate of drug-likeness (QED) is 0.934. The normalized spacial score (nSPS) is 14.3. The third-order valence-electron chi connectivity index (χ3n) is 3.24. The van der Waals surface area contributed by atoms with Crippen molar-refractivity contribution in [3.05, 3.63) is 53.5 Å². The standard InChI is InChI=1S/C15H13NO5/c17-14-11-3-1-2-4-12(11)20-8-7-16(14)9-10-5-6-13(21-10)15(18)19/h1-6H,7-9H2,(H,18,19). The maximum absolute atomic E-state index is 12.5. The smallest absolute Gasteiger partial charge is 0.371 e. The maximum Gasteiger partial charge on any atom is 0.371 e. The first-order valence-electron chi connectivity index (χ1n) is 6.48. The van der Waals surface area contributed by atoms with Crippen LogP contribution >= 0.6 is 0 Å². The summed E-state index contributed by atoms with van der Waals surface area (Å²) in [4.78, 5) is 24.8. The van der Waals surface area contributed by atoms with Gasteiger partial charge in [-0.25, -0.2) is 4.79 Å². The molecule has 0 radical (unpaired) electrons. The third kappa shape index (κ3) is 2.60. The molecule has 0 unspecified atom stereocenters. The van der Waals surface area contributed by atoms with Crippen molar-refractivity contribution in [1.29, 1.82) is 0 Å². The van der Waals surface area contributed by atoms with E-state index in [0.29, 0.717) is 30.2 Å². The Morgan fingerprint density at radius 2 is 2.05 bits per heavy atom.